The highest BCUT2D eigenvalue weighted by Gasteiger charge is 2.31. The van der Waals surface area contributed by atoms with Gasteiger partial charge in [-0.05, 0) is 86.8 Å². The quantitative estimate of drug-likeness (QED) is 0.793. The lowest BCUT2D eigenvalue weighted by molar-refractivity contribution is 0.0941. The molecule has 4 rings (SSSR count). The summed E-state index contributed by atoms with van der Waals surface area (Å²) in [4.78, 5) is 12.8. The minimum atomic E-state index is -3.50. The molecule has 1 fully saturated rings. The molecule has 1 amide bonds. The number of hydrogen-bond acceptors (Lipinski definition) is 3. The summed E-state index contributed by atoms with van der Waals surface area (Å²) in [6, 6.07) is 13.1. The Morgan fingerprint density at radius 3 is 2.53 bits per heavy atom. The fourth-order valence-electron chi connectivity index (χ4n) is 4.48. The van der Waals surface area contributed by atoms with E-state index in [0.717, 1.165) is 37.7 Å². The van der Waals surface area contributed by atoms with Gasteiger partial charge in [-0.1, -0.05) is 23.8 Å². The minimum absolute atomic E-state index is 0.107. The molecule has 0 saturated carbocycles. The molecule has 160 valence electrons. The third-order valence-electron chi connectivity index (χ3n) is 6.30. The second-order valence-corrected chi connectivity index (χ2v) is 10.5. The lowest BCUT2D eigenvalue weighted by atomic mass is 9.92. The van der Waals surface area contributed by atoms with Gasteiger partial charge in [0, 0.05) is 25.2 Å². The number of nitrogens with one attached hydrogen (secondary N) is 1. The van der Waals surface area contributed by atoms with E-state index in [0.29, 0.717) is 30.1 Å². The van der Waals surface area contributed by atoms with Crippen molar-refractivity contribution in [1.29, 1.82) is 0 Å². The number of hydrogen-bond donors (Lipinski definition) is 1. The number of piperidine rings is 1. The SMILES string of the molecule is Cc1ccc(C(=O)NC[C@@H]2CCCN(S(=O)(=O)c3ccc4c(c3)CCCC4)C2)cc1. The number of amides is 1. The molecule has 1 aliphatic carbocycles. The van der Waals surface area contributed by atoms with Crippen LogP contribution < -0.4 is 5.32 Å². The molecule has 1 atom stereocenters. The van der Waals surface area contributed by atoms with E-state index < -0.39 is 10.0 Å². The van der Waals surface area contributed by atoms with E-state index in [1.807, 2.05) is 43.3 Å². The Hall–Kier alpha value is -2.18. The topological polar surface area (TPSA) is 66.5 Å². The average molecular weight is 427 g/mol. The molecule has 6 heteroatoms. The van der Waals surface area contributed by atoms with Crippen LogP contribution in [0.4, 0.5) is 0 Å². The van der Waals surface area contributed by atoms with Gasteiger partial charge in [-0.25, -0.2) is 8.42 Å². The first-order chi connectivity index (χ1) is 14.4. The number of nitrogens with zero attached hydrogens (tertiary/aromatic N) is 1. The van der Waals surface area contributed by atoms with Gasteiger partial charge in [-0.2, -0.15) is 4.31 Å². The molecule has 1 saturated heterocycles. The van der Waals surface area contributed by atoms with Gasteiger partial charge >= 0.3 is 0 Å². The van der Waals surface area contributed by atoms with Crippen molar-refractivity contribution >= 4 is 15.9 Å². The molecule has 0 aromatic heterocycles. The summed E-state index contributed by atoms with van der Waals surface area (Å²) in [7, 11) is -3.50. The summed E-state index contributed by atoms with van der Waals surface area (Å²) >= 11 is 0. The third kappa shape index (κ3) is 4.60. The van der Waals surface area contributed by atoms with E-state index in [1.165, 1.54) is 17.5 Å². The van der Waals surface area contributed by atoms with Crippen LogP contribution in [0.3, 0.4) is 0 Å². The highest BCUT2D eigenvalue weighted by Crippen LogP contribution is 2.28. The van der Waals surface area contributed by atoms with Crippen molar-refractivity contribution in [3.8, 4) is 0 Å². The largest absolute Gasteiger partial charge is 0.352 e. The van der Waals surface area contributed by atoms with Gasteiger partial charge in [0.25, 0.3) is 5.91 Å². The molecular formula is C24H30N2O3S. The molecule has 2 aromatic carbocycles. The first kappa shape index (κ1) is 21.1. The maximum atomic E-state index is 13.2. The molecule has 2 aliphatic rings. The summed E-state index contributed by atoms with van der Waals surface area (Å²) in [6.07, 6.45) is 6.05. The fourth-order valence-corrected chi connectivity index (χ4v) is 6.08. The lowest BCUT2D eigenvalue weighted by Crippen LogP contribution is -2.43. The van der Waals surface area contributed by atoms with Gasteiger partial charge in [0.15, 0.2) is 0 Å². The van der Waals surface area contributed by atoms with E-state index >= 15 is 0 Å². The third-order valence-corrected chi connectivity index (χ3v) is 8.17. The Kier molecular flexibility index (Phi) is 6.25. The second kappa shape index (κ2) is 8.90. The average Bonchev–Trinajstić information content (AvgIpc) is 2.78. The highest BCUT2D eigenvalue weighted by molar-refractivity contribution is 7.89. The molecular weight excluding hydrogens is 396 g/mol. The van der Waals surface area contributed by atoms with Crippen LogP contribution in [0.25, 0.3) is 0 Å². The number of rotatable bonds is 5. The van der Waals surface area contributed by atoms with Crippen LogP contribution >= 0.6 is 0 Å². The maximum absolute atomic E-state index is 13.2. The predicted octanol–water partition coefficient (Wildman–Crippen LogP) is 3.70. The van der Waals surface area contributed by atoms with E-state index in [2.05, 4.69) is 5.32 Å². The summed E-state index contributed by atoms with van der Waals surface area (Å²) < 4.78 is 28.1. The van der Waals surface area contributed by atoms with Crippen LogP contribution in [-0.4, -0.2) is 38.3 Å². The number of carbonyl (C=O) groups excluding carboxylic acids is 1. The van der Waals surface area contributed by atoms with Gasteiger partial charge in [0.05, 0.1) is 4.90 Å². The van der Waals surface area contributed by atoms with Gasteiger partial charge in [-0.3, -0.25) is 4.79 Å². The molecule has 30 heavy (non-hydrogen) atoms. The number of carbonyl (C=O) groups is 1. The second-order valence-electron chi connectivity index (χ2n) is 8.58. The number of sulfonamides is 1. The van der Waals surface area contributed by atoms with Crippen molar-refractivity contribution < 1.29 is 13.2 Å². The first-order valence-electron chi connectivity index (χ1n) is 10.9. The molecule has 1 heterocycles. The summed E-state index contributed by atoms with van der Waals surface area (Å²) in [5, 5.41) is 2.98. The van der Waals surface area contributed by atoms with E-state index in [1.54, 1.807) is 10.4 Å². The van der Waals surface area contributed by atoms with Crippen LogP contribution in [0.15, 0.2) is 47.4 Å². The normalized spacial score (nSPS) is 19.8. The Labute approximate surface area is 179 Å². The Bertz CT molecular complexity index is 1020. The van der Waals surface area contributed by atoms with Crippen molar-refractivity contribution in [2.75, 3.05) is 19.6 Å². The fraction of sp³-hybridized carbons (Fsp3) is 0.458. The summed E-state index contributed by atoms with van der Waals surface area (Å²) in [5.74, 6) is 0.0187. The smallest absolute Gasteiger partial charge is 0.251 e. The van der Waals surface area contributed by atoms with E-state index in [9.17, 15) is 13.2 Å². The number of fused-ring (bicyclic) bond motifs is 1. The summed E-state index contributed by atoms with van der Waals surface area (Å²) in [5.41, 5.74) is 4.22. The minimum Gasteiger partial charge on any atom is -0.352 e. The summed E-state index contributed by atoms with van der Waals surface area (Å²) in [6.45, 7) is 3.47. The van der Waals surface area contributed by atoms with E-state index in [-0.39, 0.29) is 11.8 Å². The number of aryl methyl sites for hydroxylation is 3. The van der Waals surface area contributed by atoms with Crippen LogP contribution in [0.5, 0.6) is 0 Å². The zero-order valence-electron chi connectivity index (χ0n) is 17.6. The van der Waals surface area contributed by atoms with Crippen LogP contribution in [-0.2, 0) is 22.9 Å². The highest BCUT2D eigenvalue weighted by atomic mass is 32.2. The Morgan fingerprint density at radius 1 is 1.03 bits per heavy atom. The van der Waals surface area contributed by atoms with Gasteiger partial charge in [0.2, 0.25) is 10.0 Å². The Balaban J connectivity index is 1.40. The van der Waals surface area contributed by atoms with Gasteiger partial charge in [0.1, 0.15) is 0 Å². The van der Waals surface area contributed by atoms with Crippen molar-refractivity contribution in [1.82, 2.24) is 9.62 Å². The lowest BCUT2D eigenvalue weighted by Gasteiger charge is -2.32. The molecule has 0 bridgehead atoms. The van der Waals surface area contributed by atoms with Crippen LogP contribution in [0.1, 0.15) is 52.7 Å². The molecule has 0 radical (unpaired) electrons. The van der Waals surface area contributed by atoms with Crippen LogP contribution in [0.2, 0.25) is 0 Å². The molecule has 5 nitrogen and oxygen atoms in total. The zero-order chi connectivity index (χ0) is 21.1. The molecule has 1 N–H and O–H groups in total. The Morgan fingerprint density at radius 2 is 1.77 bits per heavy atom. The van der Waals surface area contributed by atoms with Crippen molar-refractivity contribution in [3.63, 3.8) is 0 Å². The zero-order valence-corrected chi connectivity index (χ0v) is 18.4. The monoisotopic (exact) mass is 426 g/mol. The molecule has 0 unspecified atom stereocenters. The number of benzene rings is 2. The van der Waals surface area contributed by atoms with Crippen molar-refractivity contribution in [2.24, 2.45) is 5.92 Å². The molecule has 1 aliphatic heterocycles. The first-order valence-corrected chi connectivity index (χ1v) is 12.3. The van der Waals surface area contributed by atoms with Gasteiger partial charge in [-0.15, -0.1) is 0 Å². The predicted molar refractivity (Wildman–Crippen MR) is 118 cm³/mol. The van der Waals surface area contributed by atoms with Gasteiger partial charge < -0.3 is 5.32 Å². The van der Waals surface area contributed by atoms with Crippen molar-refractivity contribution in [2.45, 2.75) is 50.3 Å². The van der Waals surface area contributed by atoms with Crippen molar-refractivity contribution in [3.05, 3.63) is 64.7 Å². The molecule has 2 aromatic rings. The van der Waals surface area contributed by atoms with E-state index in [4.69, 9.17) is 0 Å². The maximum Gasteiger partial charge on any atom is 0.251 e. The van der Waals surface area contributed by atoms with Crippen LogP contribution in [0, 0.1) is 12.8 Å². The molecule has 0 spiro atoms. The standard InChI is InChI=1S/C24H30N2O3S/c1-18-8-10-21(11-9-18)24(27)25-16-19-5-4-14-26(17-19)30(28,29)23-13-12-20-6-2-3-7-22(20)15-23/h8-13,15,19H,2-7,14,16-17H2,1H3,(H,25,27)/t19-/m0/s1.